The minimum Gasteiger partial charge on any atom is -0.324 e. The van der Waals surface area contributed by atoms with Gasteiger partial charge in [0.1, 0.15) is 5.82 Å². The predicted molar refractivity (Wildman–Crippen MR) is 81.7 cm³/mol. The van der Waals surface area contributed by atoms with E-state index in [4.69, 9.17) is 5.84 Å². The molecule has 106 valence electrons. The van der Waals surface area contributed by atoms with Crippen LogP contribution in [-0.4, -0.2) is 15.5 Å². The van der Waals surface area contributed by atoms with Crippen LogP contribution in [-0.2, 0) is 6.54 Å². The Bertz CT molecular complexity index is 807. The quantitative estimate of drug-likeness (QED) is 0.438. The first-order valence-corrected chi connectivity index (χ1v) is 6.71. The van der Waals surface area contributed by atoms with E-state index in [1.807, 2.05) is 49.4 Å². The van der Waals surface area contributed by atoms with Crippen LogP contribution in [0.25, 0.3) is 11.0 Å². The van der Waals surface area contributed by atoms with Crippen molar-refractivity contribution < 1.29 is 4.79 Å². The number of aromatic nitrogens is 2. The first kappa shape index (κ1) is 13.3. The van der Waals surface area contributed by atoms with Crippen molar-refractivity contribution >= 4 is 16.9 Å². The van der Waals surface area contributed by atoms with Crippen LogP contribution in [0.1, 0.15) is 21.7 Å². The molecule has 0 fully saturated rings. The number of carbonyl (C=O) groups excluding carboxylic acids is 1. The molecule has 21 heavy (non-hydrogen) atoms. The van der Waals surface area contributed by atoms with E-state index in [1.54, 1.807) is 6.07 Å². The van der Waals surface area contributed by atoms with E-state index >= 15 is 0 Å². The molecule has 5 nitrogen and oxygen atoms in total. The van der Waals surface area contributed by atoms with E-state index in [0.29, 0.717) is 12.1 Å². The standard InChI is InChI=1S/C16H16N4O/c1-11-18-14-8-4-5-9-15(14)20(11)10-12-6-2-3-7-13(12)16(21)19-17/h2-9H,10,17H2,1H3,(H,19,21). The highest BCUT2D eigenvalue weighted by Gasteiger charge is 2.12. The van der Waals surface area contributed by atoms with Gasteiger partial charge in [0.2, 0.25) is 0 Å². The second-order valence-corrected chi connectivity index (χ2v) is 4.86. The fraction of sp³-hybridized carbons (Fsp3) is 0.125. The fourth-order valence-electron chi connectivity index (χ4n) is 2.52. The van der Waals surface area contributed by atoms with E-state index in [9.17, 15) is 4.79 Å². The van der Waals surface area contributed by atoms with Crippen molar-refractivity contribution in [3.63, 3.8) is 0 Å². The highest BCUT2D eigenvalue weighted by Crippen LogP contribution is 2.19. The molecule has 3 N–H and O–H groups in total. The normalized spacial score (nSPS) is 10.8. The maximum Gasteiger partial charge on any atom is 0.265 e. The molecule has 0 aliphatic carbocycles. The molecule has 0 atom stereocenters. The van der Waals surface area contributed by atoms with Crippen LogP contribution in [0.3, 0.4) is 0 Å². The zero-order valence-corrected chi connectivity index (χ0v) is 11.7. The molecule has 0 radical (unpaired) electrons. The van der Waals surface area contributed by atoms with Gasteiger partial charge in [-0.25, -0.2) is 10.8 Å². The minimum absolute atomic E-state index is 0.285. The number of fused-ring (bicyclic) bond motifs is 1. The number of amides is 1. The van der Waals surface area contributed by atoms with Crippen LogP contribution in [0.4, 0.5) is 0 Å². The summed E-state index contributed by atoms with van der Waals surface area (Å²) in [6.45, 7) is 2.54. The molecule has 0 bridgehead atoms. The molecule has 0 unspecified atom stereocenters. The molecule has 0 saturated heterocycles. The number of nitrogens with one attached hydrogen (secondary N) is 1. The van der Waals surface area contributed by atoms with Gasteiger partial charge in [0, 0.05) is 5.56 Å². The third-order valence-electron chi connectivity index (χ3n) is 3.57. The number of benzene rings is 2. The largest absolute Gasteiger partial charge is 0.324 e. The lowest BCUT2D eigenvalue weighted by Crippen LogP contribution is -2.31. The van der Waals surface area contributed by atoms with Gasteiger partial charge in [0.25, 0.3) is 5.91 Å². The maximum absolute atomic E-state index is 11.9. The number of rotatable bonds is 3. The highest BCUT2D eigenvalue weighted by molar-refractivity contribution is 5.95. The molecule has 3 rings (SSSR count). The van der Waals surface area contributed by atoms with Crippen LogP contribution in [0.15, 0.2) is 48.5 Å². The Morgan fingerprint density at radius 2 is 1.90 bits per heavy atom. The molecule has 5 heteroatoms. The molecule has 1 aromatic heterocycles. The summed E-state index contributed by atoms with van der Waals surface area (Å²) in [7, 11) is 0. The Morgan fingerprint density at radius 3 is 2.71 bits per heavy atom. The number of para-hydroxylation sites is 2. The summed E-state index contributed by atoms with van der Waals surface area (Å²) < 4.78 is 2.10. The summed E-state index contributed by atoms with van der Waals surface area (Å²) >= 11 is 0. The number of nitrogen functional groups attached to an aromatic ring is 1. The van der Waals surface area contributed by atoms with Crippen molar-refractivity contribution in [2.24, 2.45) is 5.84 Å². The molecule has 1 amide bonds. The van der Waals surface area contributed by atoms with Crippen molar-refractivity contribution in [2.75, 3.05) is 0 Å². The molecule has 0 saturated carbocycles. The van der Waals surface area contributed by atoms with Crippen LogP contribution in [0, 0.1) is 6.92 Å². The van der Waals surface area contributed by atoms with Gasteiger partial charge in [-0.05, 0) is 30.7 Å². The Morgan fingerprint density at radius 1 is 1.19 bits per heavy atom. The lowest BCUT2D eigenvalue weighted by atomic mass is 10.1. The number of hydrogen-bond donors (Lipinski definition) is 2. The van der Waals surface area contributed by atoms with Crippen molar-refractivity contribution in [2.45, 2.75) is 13.5 Å². The Labute approximate surface area is 122 Å². The van der Waals surface area contributed by atoms with Crippen molar-refractivity contribution in [3.05, 3.63) is 65.5 Å². The molecule has 0 aliphatic heterocycles. The summed E-state index contributed by atoms with van der Waals surface area (Å²) in [5.41, 5.74) is 5.69. The Hall–Kier alpha value is -2.66. The van der Waals surface area contributed by atoms with Gasteiger partial charge >= 0.3 is 0 Å². The third-order valence-corrected chi connectivity index (χ3v) is 3.57. The zero-order valence-electron chi connectivity index (χ0n) is 11.7. The number of carbonyl (C=O) groups is 1. The minimum atomic E-state index is -0.285. The van der Waals surface area contributed by atoms with E-state index < -0.39 is 0 Å². The number of nitrogens with two attached hydrogens (primary N) is 1. The zero-order chi connectivity index (χ0) is 14.8. The van der Waals surface area contributed by atoms with Gasteiger partial charge in [0.05, 0.1) is 17.6 Å². The number of nitrogens with zero attached hydrogens (tertiary/aromatic N) is 2. The predicted octanol–water partition coefficient (Wildman–Crippen LogP) is 2.00. The van der Waals surface area contributed by atoms with Gasteiger partial charge in [0.15, 0.2) is 0 Å². The van der Waals surface area contributed by atoms with Crippen LogP contribution in [0.2, 0.25) is 0 Å². The van der Waals surface area contributed by atoms with Gasteiger partial charge in [-0.3, -0.25) is 10.2 Å². The van der Waals surface area contributed by atoms with Gasteiger partial charge in [-0.1, -0.05) is 30.3 Å². The Kier molecular flexibility index (Phi) is 3.41. The molecular weight excluding hydrogens is 264 g/mol. The fourth-order valence-corrected chi connectivity index (χ4v) is 2.52. The van der Waals surface area contributed by atoms with Crippen LogP contribution < -0.4 is 11.3 Å². The summed E-state index contributed by atoms with van der Waals surface area (Å²) in [5.74, 6) is 5.88. The Balaban J connectivity index is 2.07. The van der Waals surface area contributed by atoms with E-state index in [1.165, 1.54) is 0 Å². The first-order chi connectivity index (χ1) is 10.2. The van der Waals surface area contributed by atoms with Crippen molar-refractivity contribution in [3.8, 4) is 0 Å². The lowest BCUT2D eigenvalue weighted by molar-refractivity contribution is 0.0952. The second-order valence-electron chi connectivity index (χ2n) is 4.86. The number of aryl methyl sites for hydroxylation is 1. The number of hydrazine groups is 1. The van der Waals surface area contributed by atoms with Crippen LogP contribution >= 0.6 is 0 Å². The van der Waals surface area contributed by atoms with Crippen molar-refractivity contribution in [1.82, 2.24) is 15.0 Å². The molecular formula is C16H16N4O. The highest BCUT2D eigenvalue weighted by atomic mass is 16.2. The summed E-state index contributed by atoms with van der Waals surface area (Å²) in [4.78, 5) is 16.4. The van der Waals surface area contributed by atoms with E-state index in [2.05, 4.69) is 15.0 Å². The SMILES string of the molecule is Cc1nc2ccccc2n1Cc1ccccc1C(=O)NN. The average molecular weight is 280 g/mol. The van der Waals surface area contributed by atoms with Crippen molar-refractivity contribution in [1.29, 1.82) is 0 Å². The first-order valence-electron chi connectivity index (χ1n) is 6.71. The van der Waals surface area contributed by atoms with Gasteiger partial charge in [-0.15, -0.1) is 0 Å². The van der Waals surface area contributed by atoms with Gasteiger partial charge in [-0.2, -0.15) is 0 Å². The summed E-state index contributed by atoms with van der Waals surface area (Å²) in [5, 5.41) is 0. The third kappa shape index (κ3) is 2.39. The van der Waals surface area contributed by atoms with E-state index in [0.717, 1.165) is 22.4 Å². The molecule has 0 spiro atoms. The van der Waals surface area contributed by atoms with E-state index in [-0.39, 0.29) is 5.91 Å². The van der Waals surface area contributed by atoms with Gasteiger partial charge < -0.3 is 4.57 Å². The molecule has 3 aromatic rings. The topological polar surface area (TPSA) is 72.9 Å². The molecule has 2 aromatic carbocycles. The number of imidazole rings is 1. The smallest absolute Gasteiger partial charge is 0.265 e. The number of hydrogen-bond acceptors (Lipinski definition) is 3. The monoisotopic (exact) mass is 280 g/mol. The molecule has 1 heterocycles. The lowest BCUT2D eigenvalue weighted by Gasteiger charge is -2.11. The van der Waals surface area contributed by atoms with Crippen LogP contribution in [0.5, 0.6) is 0 Å². The average Bonchev–Trinajstić information content (AvgIpc) is 2.83. The molecule has 0 aliphatic rings. The second kappa shape index (κ2) is 5.38. The summed E-state index contributed by atoms with van der Waals surface area (Å²) in [6, 6.07) is 15.4. The summed E-state index contributed by atoms with van der Waals surface area (Å²) in [6.07, 6.45) is 0. The maximum atomic E-state index is 11.9.